The molecule has 98 valence electrons. The summed E-state index contributed by atoms with van der Waals surface area (Å²) < 4.78 is 4.66. The molecule has 5 heteroatoms. The summed E-state index contributed by atoms with van der Waals surface area (Å²) in [6.45, 7) is 2.02. The Morgan fingerprint density at radius 3 is 3.00 bits per heavy atom. The fraction of sp³-hybridized carbons (Fsp3) is 0.462. The van der Waals surface area contributed by atoms with E-state index in [1.54, 1.807) is 12.1 Å². The summed E-state index contributed by atoms with van der Waals surface area (Å²) in [7, 11) is 1.36. The first-order valence-corrected chi connectivity index (χ1v) is 6.16. The Bertz CT molecular complexity index is 428. The van der Waals surface area contributed by atoms with Crippen LogP contribution in [0.3, 0.4) is 0 Å². The molecular weight excluding hydrogens is 230 g/mol. The summed E-state index contributed by atoms with van der Waals surface area (Å²) in [5, 5.41) is 6.73. The number of hydrogen-bond donors (Lipinski definition) is 3. The highest BCUT2D eigenvalue weighted by molar-refractivity contribution is 5.91. The van der Waals surface area contributed by atoms with Crippen LogP contribution in [0.5, 0.6) is 0 Å². The molecule has 0 bridgehead atoms. The molecule has 1 fully saturated rings. The average molecular weight is 249 g/mol. The highest BCUT2D eigenvalue weighted by Crippen LogP contribution is 2.22. The lowest BCUT2D eigenvalue weighted by molar-refractivity contribution is 0.0601. The van der Waals surface area contributed by atoms with E-state index in [-0.39, 0.29) is 5.97 Å². The average Bonchev–Trinajstić information content (AvgIpc) is 2.41. The molecule has 1 atom stereocenters. The number of nitrogens with two attached hydrogens (primary N) is 1. The molecule has 0 saturated carbocycles. The van der Waals surface area contributed by atoms with Gasteiger partial charge in [-0.05, 0) is 37.6 Å². The van der Waals surface area contributed by atoms with Crippen molar-refractivity contribution in [2.24, 2.45) is 0 Å². The summed E-state index contributed by atoms with van der Waals surface area (Å²) in [6, 6.07) is 5.59. The van der Waals surface area contributed by atoms with Gasteiger partial charge in [-0.1, -0.05) is 0 Å². The highest BCUT2D eigenvalue weighted by Gasteiger charge is 2.14. The molecule has 1 aromatic rings. The molecule has 18 heavy (non-hydrogen) atoms. The molecule has 1 saturated heterocycles. The number of rotatable bonds is 3. The zero-order valence-corrected chi connectivity index (χ0v) is 10.5. The van der Waals surface area contributed by atoms with Crippen LogP contribution in [0.2, 0.25) is 0 Å². The van der Waals surface area contributed by atoms with E-state index in [4.69, 9.17) is 5.73 Å². The summed E-state index contributed by atoms with van der Waals surface area (Å²) in [4.78, 5) is 11.4. The quantitative estimate of drug-likeness (QED) is 0.554. The van der Waals surface area contributed by atoms with Gasteiger partial charge in [-0.3, -0.25) is 0 Å². The van der Waals surface area contributed by atoms with Crippen LogP contribution < -0.4 is 16.4 Å². The van der Waals surface area contributed by atoms with Crippen LogP contribution in [-0.4, -0.2) is 32.2 Å². The van der Waals surface area contributed by atoms with Gasteiger partial charge in [0.05, 0.1) is 24.0 Å². The van der Waals surface area contributed by atoms with E-state index in [9.17, 15) is 4.79 Å². The Kier molecular flexibility index (Phi) is 4.04. The summed E-state index contributed by atoms with van der Waals surface area (Å²) in [6.07, 6.45) is 2.29. The minimum atomic E-state index is -0.368. The second kappa shape index (κ2) is 5.73. The van der Waals surface area contributed by atoms with Crippen molar-refractivity contribution in [2.45, 2.75) is 18.9 Å². The minimum Gasteiger partial charge on any atom is -0.465 e. The van der Waals surface area contributed by atoms with E-state index in [1.165, 1.54) is 7.11 Å². The minimum absolute atomic E-state index is 0.368. The number of nitrogen functional groups attached to an aromatic ring is 1. The molecular formula is C13H19N3O2. The van der Waals surface area contributed by atoms with Gasteiger partial charge in [-0.2, -0.15) is 0 Å². The molecule has 0 spiro atoms. The monoisotopic (exact) mass is 249 g/mol. The van der Waals surface area contributed by atoms with Crippen molar-refractivity contribution >= 4 is 17.3 Å². The number of nitrogens with one attached hydrogen (secondary N) is 2. The summed E-state index contributed by atoms with van der Waals surface area (Å²) in [5.74, 6) is -0.368. The highest BCUT2D eigenvalue weighted by atomic mass is 16.5. The predicted molar refractivity (Wildman–Crippen MR) is 71.7 cm³/mol. The van der Waals surface area contributed by atoms with E-state index >= 15 is 0 Å². The van der Waals surface area contributed by atoms with Gasteiger partial charge in [0.15, 0.2) is 0 Å². The van der Waals surface area contributed by atoms with Crippen LogP contribution >= 0.6 is 0 Å². The Labute approximate surface area is 107 Å². The SMILES string of the molecule is COC(=O)c1ccc(N[C@@H]2CCCNC2)c(N)c1. The summed E-state index contributed by atoms with van der Waals surface area (Å²) in [5.41, 5.74) is 7.86. The second-order valence-electron chi connectivity index (χ2n) is 4.48. The standard InChI is InChI=1S/C13H19N3O2/c1-18-13(17)9-4-5-12(11(14)7-9)16-10-3-2-6-15-8-10/h4-5,7,10,15-16H,2-3,6,8,14H2,1H3/t10-/m1/s1. The van der Waals surface area contributed by atoms with Crippen molar-refractivity contribution in [1.82, 2.24) is 5.32 Å². The lowest BCUT2D eigenvalue weighted by Gasteiger charge is -2.25. The van der Waals surface area contributed by atoms with Crippen molar-refractivity contribution in [3.8, 4) is 0 Å². The number of carbonyl (C=O) groups is 1. The largest absolute Gasteiger partial charge is 0.465 e. The first-order valence-electron chi connectivity index (χ1n) is 6.16. The number of esters is 1. The van der Waals surface area contributed by atoms with Gasteiger partial charge in [0.2, 0.25) is 0 Å². The Balaban J connectivity index is 2.07. The Hall–Kier alpha value is -1.75. The van der Waals surface area contributed by atoms with Crippen molar-refractivity contribution < 1.29 is 9.53 Å². The van der Waals surface area contributed by atoms with Gasteiger partial charge < -0.3 is 21.1 Å². The molecule has 2 rings (SSSR count). The third kappa shape index (κ3) is 2.92. The van der Waals surface area contributed by atoms with Gasteiger partial charge in [0, 0.05) is 12.6 Å². The van der Waals surface area contributed by atoms with Crippen LogP contribution in [-0.2, 0) is 4.74 Å². The third-order valence-electron chi connectivity index (χ3n) is 3.13. The Morgan fingerprint density at radius 1 is 1.56 bits per heavy atom. The number of carbonyl (C=O) groups excluding carboxylic acids is 1. The lowest BCUT2D eigenvalue weighted by atomic mass is 10.1. The molecule has 1 aliphatic heterocycles. The van der Waals surface area contributed by atoms with Crippen LogP contribution in [0.4, 0.5) is 11.4 Å². The fourth-order valence-corrected chi connectivity index (χ4v) is 2.13. The zero-order chi connectivity index (χ0) is 13.0. The van der Waals surface area contributed by atoms with Gasteiger partial charge in [0.1, 0.15) is 0 Å². The second-order valence-corrected chi connectivity index (χ2v) is 4.48. The molecule has 5 nitrogen and oxygen atoms in total. The molecule has 1 heterocycles. The first kappa shape index (κ1) is 12.7. The molecule has 0 unspecified atom stereocenters. The van der Waals surface area contributed by atoms with E-state index in [0.717, 1.165) is 31.6 Å². The lowest BCUT2D eigenvalue weighted by Crippen LogP contribution is -2.38. The Morgan fingerprint density at radius 2 is 2.39 bits per heavy atom. The van der Waals surface area contributed by atoms with Crippen LogP contribution in [0, 0.1) is 0 Å². The van der Waals surface area contributed by atoms with Gasteiger partial charge >= 0.3 is 5.97 Å². The number of ether oxygens (including phenoxy) is 1. The van der Waals surface area contributed by atoms with E-state index in [0.29, 0.717) is 17.3 Å². The molecule has 0 aliphatic carbocycles. The number of anilines is 2. The third-order valence-corrected chi connectivity index (χ3v) is 3.13. The normalized spacial score (nSPS) is 19.3. The number of benzene rings is 1. The van der Waals surface area contributed by atoms with E-state index in [1.807, 2.05) is 6.07 Å². The zero-order valence-electron chi connectivity index (χ0n) is 10.5. The maximum atomic E-state index is 11.4. The van der Waals surface area contributed by atoms with Gasteiger partial charge in [-0.25, -0.2) is 4.79 Å². The van der Waals surface area contributed by atoms with E-state index < -0.39 is 0 Å². The van der Waals surface area contributed by atoms with Crippen molar-refractivity contribution in [1.29, 1.82) is 0 Å². The van der Waals surface area contributed by atoms with Crippen LogP contribution in [0.1, 0.15) is 23.2 Å². The smallest absolute Gasteiger partial charge is 0.337 e. The number of hydrogen-bond acceptors (Lipinski definition) is 5. The van der Waals surface area contributed by atoms with Crippen LogP contribution in [0.25, 0.3) is 0 Å². The van der Waals surface area contributed by atoms with E-state index in [2.05, 4.69) is 15.4 Å². The topological polar surface area (TPSA) is 76.4 Å². The molecule has 0 amide bonds. The maximum Gasteiger partial charge on any atom is 0.337 e. The summed E-state index contributed by atoms with van der Waals surface area (Å²) >= 11 is 0. The molecule has 1 aromatic carbocycles. The van der Waals surface area contributed by atoms with Gasteiger partial charge in [-0.15, -0.1) is 0 Å². The van der Waals surface area contributed by atoms with Crippen molar-refractivity contribution in [3.05, 3.63) is 23.8 Å². The number of methoxy groups -OCH3 is 1. The fourth-order valence-electron chi connectivity index (χ4n) is 2.13. The first-order chi connectivity index (χ1) is 8.70. The maximum absolute atomic E-state index is 11.4. The number of piperidine rings is 1. The van der Waals surface area contributed by atoms with Crippen LogP contribution in [0.15, 0.2) is 18.2 Å². The van der Waals surface area contributed by atoms with Crippen molar-refractivity contribution in [3.63, 3.8) is 0 Å². The molecule has 0 aromatic heterocycles. The van der Waals surface area contributed by atoms with Gasteiger partial charge in [0.25, 0.3) is 0 Å². The predicted octanol–water partition coefficient (Wildman–Crippen LogP) is 1.22. The molecule has 1 aliphatic rings. The van der Waals surface area contributed by atoms with Crippen molar-refractivity contribution in [2.75, 3.05) is 31.2 Å². The molecule has 4 N–H and O–H groups in total. The molecule has 0 radical (unpaired) electrons.